The second-order valence-corrected chi connectivity index (χ2v) is 5.79. The van der Waals surface area contributed by atoms with Crippen molar-refractivity contribution in [2.24, 2.45) is 0 Å². The van der Waals surface area contributed by atoms with Crippen LogP contribution in [0.3, 0.4) is 0 Å². The Bertz CT molecular complexity index is 430. The van der Waals surface area contributed by atoms with E-state index in [0.717, 1.165) is 31.0 Å². The number of halogens is 1. The first-order chi connectivity index (χ1) is 9.16. The maximum atomic E-state index is 11.9. The van der Waals surface area contributed by atoms with Gasteiger partial charge in [-0.15, -0.1) is 11.8 Å². The molecule has 0 saturated carbocycles. The lowest BCUT2D eigenvalue weighted by Crippen LogP contribution is -2.39. The molecule has 1 amide bonds. The lowest BCUT2D eigenvalue weighted by atomic mass is 10.1. The molecule has 0 spiro atoms. The SMILES string of the molecule is Nc1cccc(Cl)c1SCC(=O)NC1CCOCC1. The third-order valence-corrected chi connectivity index (χ3v) is 4.51. The van der Waals surface area contributed by atoms with E-state index in [1.807, 2.05) is 0 Å². The van der Waals surface area contributed by atoms with Crippen molar-refractivity contribution in [1.29, 1.82) is 0 Å². The van der Waals surface area contributed by atoms with Crippen LogP contribution in [0.2, 0.25) is 5.02 Å². The molecule has 1 aromatic rings. The number of ether oxygens (including phenoxy) is 1. The quantitative estimate of drug-likeness (QED) is 0.661. The minimum absolute atomic E-state index is 0.0104. The number of amides is 1. The molecule has 0 bridgehead atoms. The highest BCUT2D eigenvalue weighted by Crippen LogP contribution is 2.32. The van der Waals surface area contributed by atoms with Gasteiger partial charge in [0.05, 0.1) is 10.8 Å². The molecule has 0 aromatic heterocycles. The fourth-order valence-electron chi connectivity index (χ4n) is 1.93. The number of hydrogen-bond donors (Lipinski definition) is 2. The molecule has 19 heavy (non-hydrogen) atoms. The van der Waals surface area contributed by atoms with Crippen molar-refractivity contribution in [3.8, 4) is 0 Å². The number of benzene rings is 1. The Morgan fingerprint density at radius 2 is 2.21 bits per heavy atom. The summed E-state index contributed by atoms with van der Waals surface area (Å²) >= 11 is 7.43. The summed E-state index contributed by atoms with van der Waals surface area (Å²) < 4.78 is 5.25. The summed E-state index contributed by atoms with van der Waals surface area (Å²) in [7, 11) is 0. The van der Waals surface area contributed by atoms with Gasteiger partial charge >= 0.3 is 0 Å². The summed E-state index contributed by atoms with van der Waals surface area (Å²) in [5, 5.41) is 3.59. The van der Waals surface area contributed by atoms with E-state index >= 15 is 0 Å². The average Bonchev–Trinajstić information content (AvgIpc) is 2.39. The first-order valence-corrected chi connectivity index (χ1v) is 7.57. The van der Waals surface area contributed by atoms with Crippen LogP contribution in [0.1, 0.15) is 12.8 Å². The van der Waals surface area contributed by atoms with Gasteiger partial charge in [-0.1, -0.05) is 17.7 Å². The van der Waals surface area contributed by atoms with Crippen molar-refractivity contribution in [2.45, 2.75) is 23.8 Å². The van der Waals surface area contributed by atoms with E-state index in [0.29, 0.717) is 16.5 Å². The predicted octanol–water partition coefficient (Wildman–Crippen LogP) is 2.31. The standard InChI is InChI=1S/C13H17ClN2O2S/c14-10-2-1-3-11(15)13(10)19-8-12(17)16-9-4-6-18-7-5-9/h1-3,9H,4-8,15H2,(H,16,17). The normalized spacial score (nSPS) is 16.3. The molecule has 0 radical (unpaired) electrons. The molecule has 2 rings (SSSR count). The molecule has 0 aliphatic carbocycles. The number of nitrogens with one attached hydrogen (secondary N) is 1. The second-order valence-electron chi connectivity index (χ2n) is 4.40. The molecule has 1 fully saturated rings. The van der Waals surface area contributed by atoms with Crippen molar-refractivity contribution >= 4 is 35.0 Å². The topological polar surface area (TPSA) is 64.4 Å². The number of nitrogens with two attached hydrogens (primary N) is 1. The molecule has 0 unspecified atom stereocenters. The van der Waals surface area contributed by atoms with Gasteiger partial charge in [0.15, 0.2) is 0 Å². The number of rotatable bonds is 4. The molecule has 0 atom stereocenters. The van der Waals surface area contributed by atoms with Crippen LogP contribution in [0.5, 0.6) is 0 Å². The Morgan fingerprint density at radius 3 is 2.89 bits per heavy atom. The fourth-order valence-corrected chi connectivity index (χ4v) is 3.07. The minimum atomic E-state index is 0.0104. The monoisotopic (exact) mass is 300 g/mol. The Kier molecular flexibility index (Phi) is 5.36. The third kappa shape index (κ3) is 4.30. The van der Waals surface area contributed by atoms with E-state index < -0.39 is 0 Å². The molecule has 6 heteroatoms. The van der Waals surface area contributed by atoms with Gasteiger partial charge < -0.3 is 15.8 Å². The van der Waals surface area contributed by atoms with Crippen molar-refractivity contribution in [1.82, 2.24) is 5.32 Å². The molecular formula is C13H17ClN2O2S. The lowest BCUT2D eigenvalue weighted by molar-refractivity contribution is -0.119. The zero-order valence-corrected chi connectivity index (χ0v) is 12.1. The van der Waals surface area contributed by atoms with Gasteiger partial charge in [-0.2, -0.15) is 0 Å². The van der Waals surface area contributed by atoms with Gasteiger partial charge in [0.1, 0.15) is 0 Å². The summed E-state index contributed by atoms with van der Waals surface area (Å²) in [5.74, 6) is 0.335. The number of carbonyl (C=O) groups excluding carboxylic acids is 1. The number of hydrogen-bond acceptors (Lipinski definition) is 4. The second kappa shape index (κ2) is 7.03. The Morgan fingerprint density at radius 1 is 1.47 bits per heavy atom. The highest BCUT2D eigenvalue weighted by Gasteiger charge is 2.16. The number of thioether (sulfide) groups is 1. The highest BCUT2D eigenvalue weighted by atomic mass is 35.5. The average molecular weight is 301 g/mol. The molecule has 1 aliphatic rings. The molecule has 1 aromatic carbocycles. The number of carbonyl (C=O) groups is 1. The van der Waals surface area contributed by atoms with Crippen LogP contribution in [0.15, 0.2) is 23.1 Å². The van der Waals surface area contributed by atoms with Gasteiger partial charge in [-0.25, -0.2) is 0 Å². The van der Waals surface area contributed by atoms with E-state index in [1.54, 1.807) is 18.2 Å². The molecule has 104 valence electrons. The summed E-state index contributed by atoms with van der Waals surface area (Å²) in [6.45, 7) is 1.44. The molecular weight excluding hydrogens is 284 g/mol. The van der Waals surface area contributed by atoms with Crippen LogP contribution >= 0.6 is 23.4 Å². The van der Waals surface area contributed by atoms with Crippen molar-refractivity contribution in [3.05, 3.63) is 23.2 Å². The Hall–Kier alpha value is -0.910. The number of anilines is 1. The molecule has 3 N–H and O–H groups in total. The molecule has 1 saturated heterocycles. The third-order valence-electron chi connectivity index (χ3n) is 2.93. The van der Waals surface area contributed by atoms with Gasteiger partial charge in [0.25, 0.3) is 0 Å². The van der Waals surface area contributed by atoms with Crippen molar-refractivity contribution < 1.29 is 9.53 Å². The summed E-state index contributed by atoms with van der Waals surface area (Å²) in [6.07, 6.45) is 1.76. The molecule has 1 heterocycles. The fraction of sp³-hybridized carbons (Fsp3) is 0.462. The smallest absolute Gasteiger partial charge is 0.230 e. The minimum Gasteiger partial charge on any atom is -0.398 e. The number of nitrogen functional groups attached to an aromatic ring is 1. The van der Waals surface area contributed by atoms with Crippen molar-refractivity contribution in [2.75, 3.05) is 24.7 Å². The maximum Gasteiger partial charge on any atom is 0.230 e. The van der Waals surface area contributed by atoms with E-state index in [1.165, 1.54) is 11.8 Å². The van der Waals surface area contributed by atoms with Crippen LogP contribution in [-0.2, 0) is 9.53 Å². The Labute approximate surface area is 122 Å². The largest absolute Gasteiger partial charge is 0.398 e. The van der Waals surface area contributed by atoms with Crippen molar-refractivity contribution in [3.63, 3.8) is 0 Å². The molecule has 1 aliphatic heterocycles. The van der Waals surface area contributed by atoms with E-state index in [2.05, 4.69) is 5.32 Å². The highest BCUT2D eigenvalue weighted by molar-refractivity contribution is 8.00. The zero-order chi connectivity index (χ0) is 13.7. The summed E-state index contributed by atoms with van der Waals surface area (Å²) in [6, 6.07) is 5.58. The van der Waals surface area contributed by atoms with Crippen LogP contribution in [-0.4, -0.2) is 30.9 Å². The summed E-state index contributed by atoms with van der Waals surface area (Å²) in [5.41, 5.74) is 6.45. The molecule has 4 nitrogen and oxygen atoms in total. The van der Waals surface area contributed by atoms with E-state index in [9.17, 15) is 4.79 Å². The zero-order valence-electron chi connectivity index (χ0n) is 10.5. The van der Waals surface area contributed by atoms with E-state index in [4.69, 9.17) is 22.1 Å². The van der Waals surface area contributed by atoms with Crippen LogP contribution in [0.4, 0.5) is 5.69 Å². The Balaban J connectivity index is 1.83. The van der Waals surface area contributed by atoms with Crippen LogP contribution in [0, 0.1) is 0 Å². The van der Waals surface area contributed by atoms with E-state index in [-0.39, 0.29) is 11.9 Å². The predicted molar refractivity (Wildman–Crippen MR) is 78.6 cm³/mol. The van der Waals surface area contributed by atoms with Gasteiger partial charge in [-0.3, -0.25) is 4.79 Å². The van der Waals surface area contributed by atoms with Gasteiger partial charge in [0.2, 0.25) is 5.91 Å². The maximum absolute atomic E-state index is 11.9. The van der Waals surface area contributed by atoms with Gasteiger partial charge in [-0.05, 0) is 25.0 Å². The lowest BCUT2D eigenvalue weighted by Gasteiger charge is -2.23. The summed E-state index contributed by atoms with van der Waals surface area (Å²) in [4.78, 5) is 12.6. The first-order valence-electron chi connectivity index (χ1n) is 6.20. The van der Waals surface area contributed by atoms with Crippen LogP contribution in [0.25, 0.3) is 0 Å². The van der Waals surface area contributed by atoms with Crippen LogP contribution < -0.4 is 11.1 Å². The first kappa shape index (κ1) is 14.5. The van der Waals surface area contributed by atoms with Gasteiger partial charge in [0, 0.05) is 29.8 Å².